The Hall–Kier alpha value is -2.16. The number of nitriles is 1. The first-order valence-electron chi connectivity index (χ1n) is 4.99. The van der Waals surface area contributed by atoms with Crippen LogP contribution in [0.25, 0.3) is 0 Å². The lowest BCUT2D eigenvalue weighted by molar-refractivity contribution is 0.492. The van der Waals surface area contributed by atoms with Crippen LogP contribution in [0.2, 0.25) is 0 Å². The highest BCUT2D eigenvalue weighted by Crippen LogP contribution is 2.11. The second kappa shape index (κ2) is 4.14. The van der Waals surface area contributed by atoms with Gasteiger partial charge in [0.15, 0.2) is 5.82 Å². The highest BCUT2D eigenvalue weighted by molar-refractivity contribution is 5.22. The number of nitrogens with one attached hydrogen (secondary N) is 1. The summed E-state index contributed by atoms with van der Waals surface area (Å²) < 4.78 is 5.24. The zero-order valence-electron chi connectivity index (χ0n) is 9.11. The third-order valence-electron chi connectivity index (χ3n) is 2.16. The van der Waals surface area contributed by atoms with E-state index in [1.807, 2.05) is 13.0 Å². The molecule has 0 bridgehead atoms. The molecule has 6 heteroatoms. The Morgan fingerprint density at radius 3 is 2.81 bits per heavy atom. The molecule has 0 aliphatic carbocycles. The van der Waals surface area contributed by atoms with Gasteiger partial charge in [-0.1, -0.05) is 6.92 Å². The molecule has 0 aliphatic heterocycles. The molecule has 6 nitrogen and oxygen atoms in total. The van der Waals surface area contributed by atoms with Crippen LogP contribution in [-0.4, -0.2) is 20.2 Å². The van der Waals surface area contributed by atoms with Crippen molar-refractivity contribution in [2.75, 3.05) is 0 Å². The van der Waals surface area contributed by atoms with Gasteiger partial charge in [-0.3, -0.25) is 5.10 Å². The molecule has 16 heavy (non-hydrogen) atoms. The summed E-state index contributed by atoms with van der Waals surface area (Å²) in [6, 6.07) is 1.94. The van der Waals surface area contributed by atoms with Crippen LogP contribution in [-0.2, 0) is 12.8 Å². The van der Waals surface area contributed by atoms with E-state index in [4.69, 9.17) is 9.68 Å². The molecular formula is C10H11N5O. The van der Waals surface area contributed by atoms with Crippen molar-refractivity contribution in [3.8, 4) is 6.07 Å². The van der Waals surface area contributed by atoms with Gasteiger partial charge in [-0.25, -0.2) is 9.97 Å². The highest BCUT2D eigenvalue weighted by Gasteiger charge is 2.11. The molecule has 0 fully saturated rings. The van der Waals surface area contributed by atoms with Crippen molar-refractivity contribution in [2.45, 2.75) is 26.7 Å². The molecule has 0 saturated carbocycles. The summed E-state index contributed by atoms with van der Waals surface area (Å²) in [6.45, 7) is 3.73. The number of nitrogens with zero attached hydrogens (tertiary/aromatic N) is 4. The Labute approximate surface area is 92.3 Å². The normalized spacial score (nSPS) is 10.3. The standard InChI is InChI=1S/C10H11N5O/c1-3-8-13-9(15-14-8)4-10-12-6(2)7(5-11)16-10/h3-4H2,1-2H3,(H,13,14,15). The maximum atomic E-state index is 8.72. The number of H-pyrrole nitrogens is 1. The van der Waals surface area contributed by atoms with Gasteiger partial charge in [0.25, 0.3) is 0 Å². The van der Waals surface area contributed by atoms with Gasteiger partial charge in [0.1, 0.15) is 11.9 Å². The van der Waals surface area contributed by atoms with Gasteiger partial charge >= 0.3 is 0 Å². The summed E-state index contributed by atoms with van der Waals surface area (Å²) in [5.74, 6) is 2.18. The van der Waals surface area contributed by atoms with Gasteiger partial charge < -0.3 is 4.42 Å². The van der Waals surface area contributed by atoms with Crippen molar-refractivity contribution in [1.82, 2.24) is 20.2 Å². The summed E-state index contributed by atoms with van der Waals surface area (Å²) in [6.07, 6.45) is 1.21. The molecule has 1 N–H and O–H groups in total. The molecule has 0 spiro atoms. The van der Waals surface area contributed by atoms with Crippen LogP contribution in [0.15, 0.2) is 4.42 Å². The van der Waals surface area contributed by atoms with E-state index in [9.17, 15) is 0 Å². The first-order valence-corrected chi connectivity index (χ1v) is 4.99. The molecule has 0 saturated heterocycles. The second-order valence-corrected chi connectivity index (χ2v) is 3.36. The predicted molar refractivity (Wildman–Crippen MR) is 54.5 cm³/mol. The molecule has 0 atom stereocenters. The van der Waals surface area contributed by atoms with Gasteiger partial charge in [0.2, 0.25) is 11.7 Å². The second-order valence-electron chi connectivity index (χ2n) is 3.36. The van der Waals surface area contributed by atoms with Gasteiger partial charge in [0, 0.05) is 6.42 Å². The molecule has 2 heterocycles. The first kappa shape index (κ1) is 10.4. The number of hydrogen-bond acceptors (Lipinski definition) is 5. The van der Waals surface area contributed by atoms with E-state index in [0.717, 1.165) is 12.2 Å². The first-order chi connectivity index (χ1) is 7.72. The Morgan fingerprint density at radius 1 is 1.44 bits per heavy atom. The number of aromatic amines is 1. The third-order valence-corrected chi connectivity index (χ3v) is 2.16. The van der Waals surface area contributed by atoms with Crippen LogP contribution in [0.4, 0.5) is 0 Å². The monoisotopic (exact) mass is 217 g/mol. The minimum atomic E-state index is 0.251. The predicted octanol–water partition coefficient (Wildman–Crippen LogP) is 1.13. The topological polar surface area (TPSA) is 91.4 Å². The van der Waals surface area contributed by atoms with E-state index >= 15 is 0 Å². The summed E-state index contributed by atoms with van der Waals surface area (Å²) in [4.78, 5) is 8.37. The van der Waals surface area contributed by atoms with E-state index in [2.05, 4.69) is 20.2 Å². The Kier molecular flexibility index (Phi) is 2.68. The molecule has 2 aromatic rings. The molecular weight excluding hydrogens is 206 g/mol. The fourth-order valence-corrected chi connectivity index (χ4v) is 1.34. The van der Waals surface area contributed by atoms with Crippen LogP contribution in [0.3, 0.4) is 0 Å². The minimum Gasteiger partial charge on any atom is -0.429 e. The maximum absolute atomic E-state index is 8.72. The summed E-state index contributed by atoms with van der Waals surface area (Å²) in [5, 5.41) is 15.6. The van der Waals surface area contributed by atoms with Gasteiger partial charge in [0.05, 0.1) is 12.1 Å². The van der Waals surface area contributed by atoms with Crippen molar-refractivity contribution in [3.05, 3.63) is 29.0 Å². The summed E-state index contributed by atoms with van der Waals surface area (Å²) in [7, 11) is 0. The number of rotatable bonds is 3. The fourth-order valence-electron chi connectivity index (χ4n) is 1.34. The third kappa shape index (κ3) is 1.93. The molecule has 0 aromatic carbocycles. The zero-order valence-corrected chi connectivity index (χ0v) is 9.11. The molecule has 2 rings (SSSR count). The van der Waals surface area contributed by atoms with Crippen molar-refractivity contribution in [2.24, 2.45) is 0 Å². The Bertz CT molecular complexity index is 534. The van der Waals surface area contributed by atoms with Crippen molar-refractivity contribution in [1.29, 1.82) is 5.26 Å². The average Bonchev–Trinajstić information content (AvgIpc) is 2.85. The molecule has 2 aromatic heterocycles. The zero-order chi connectivity index (χ0) is 11.5. The van der Waals surface area contributed by atoms with Crippen LogP contribution in [0, 0.1) is 18.3 Å². The summed E-state index contributed by atoms with van der Waals surface area (Å²) in [5.41, 5.74) is 0.601. The smallest absolute Gasteiger partial charge is 0.226 e. The summed E-state index contributed by atoms with van der Waals surface area (Å²) >= 11 is 0. The number of oxazole rings is 1. The van der Waals surface area contributed by atoms with Gasteiger partial charge in [-0.15, -0.1) is 0 Å². The van der Waals surface area contributed by atoms with E-state index in [1.54, 1.807) is 6.92 Å². The number of aryl methyl sites for hydroxylation is 2. The largest absolute Gasteiger partial charge is 0.429 e. The minimum absolute atomic E-state index is 0.251. The molecule has 0 unspecified atom stereocenters. The van der Waals surface area contributed by atoms with E-state index < -0.39 is 0 Å². The Balaban J connectivity index is 2.17. The van der Waals surface area contributed by atoms with Crippen LogP contribution < -0.4 is 0 Å². The lowest BCUT2D eigenvalue weighted by Crippen LogP contribution is -1.91. The lowest BCUT2D eigenvalue weighted by atomic mass is 10.4. The highest BCUT2D eigenvalue weighted by atomic mass is 16.4. The molecule has 0 amide bonds. The van der Waals surface area contributed by atoms with Gasteiger partial charge in [-0.2, -0.15) is 10.4 Å². The number of hydrogen-bond donors (Lipinski definition) is 1. The van der Waals surface area contributed by atoms with Crippen molar-refractivity contribution in [3.63, 3.8) is 0 Å². The maximum Gasteiger partial charge on any atom is 0.226 e. The van der Waals surface area contributed by atoms with E-state index in [0.29, 0.717) is 23.8 Å². The van der Waals surface area contributed by atoms with Crippen LogP contribution >= 0.6 is 0 Å². The Morgan fingerprint density at radius 2 is 2.25 bits per heavy atom. The van der Waals surface area contributed by atoms with Crippen LogP contribution in [0.5, 0.6) is 0 Å². The molecule has 0 radical (unpaired) electrons. The number of aromatic nitrogens is 4. The average molecular weight is 217 g/mol. The SMILES string of the molecule is CCc1nc(Cc2nc(C)c(C#N)o2)n[nH]1. The van der Waals surface area contributed by atoms with Gasteiger partial charge in [-0.05, 0) is 6.92 Å². The lowest BCUT2D eigenvalue weighted by Gasteiger charge is -1.87. The van der Waals surface area contributed by atoms with E-state index in [1.165, 1.54) is 0 Å². The van der Waals surface area contributed by atoms with Crippen LogP contribution in [0.1, 0.15) is 35.9 Å². The van der Waals surface area contributed by atoms with E-state index in [-0.39, 0.29) is 5.76 Å². The quantitative estimate of drug-likeness (QED) is 0.831. The molecule has 82 valence electrons. The van der Waals surface area contributed by atoms with Crippen molar-refractivity contribution >= 4 is 0 Å². The van der Waals surface area contributed by atoms with Crippen molar-refractivity contribution < 1.29 is 4.42 Å². The fraction of sp³-hybridized carbons (Fsp3) is 0.400. The molecule has 0 aliphatic rings.